The molecule has 7 heteroatoms. The summed E-state index contributed by atoms with van der Waals surface area (Å²) in [7, 11) is -3.80. The van der Waals surface area contributed by atoms with E-state index in [9.17, 15) is 13.2 Å². The van der Waals surface area contributed by atoms with Gasteiger partial charge in [0.25, 0.3) is 0 Å². The maximum atomic E-state index is 12.2. The fourth-order valence-electron chi connectivity index (χ4n) is 1.30. The molecule has 1 rings (SSSR count). The van der Waals surface area contributed by atoms with Crippen LogP contribution in [0.15, 0.2) is 41.8 Å². The average Bonchev–Trinajstić information content (AvgIpc) is 2.28. The van der Waals surface area contributed by atoms with E-state index in [1.54, 1.807) is 12.1 Å². The maximum absolute atomic E-state index is 12.2. The van der Waals surface area contributed by atoms with Crippen molar-refractivity contribution in [1.29, 1.82) is 0 Å². The molecule has 0 bridgehead atoms. The minimum absolute atomic E-state index is 0.0411. The number of nitrogens with zero attached hydrogens (tertiary/aromatic N) is 1. The molecule has 0 fully saturated rings. The first-order valence-corrected chi connectivity index (χ1v) is 7.48. The lowest BCUT2D eigenvalue weighted by molar-refractivity contribution is -0.137. The smallest absolute Gasteiger partial charge is 0.318 e. The van der Waals surface area contributed by atoms with Crippen LogP contribution in [0.25, 0.3) is 0 Å². The van der Waals surface area contributed by atoms with Crippen molar-refractivity contribution in [3.05, 3.63) is 40.5 Å². The van der Waals surface area contributed by atoms with Gasteiger partial charge in [-0.3, -0.25) is 4.79 Å². The fourth-order valence-corrected chi connectivity index (χ4v) is 3.02. The van der Waals surface area contributed by atoms with Gasteiger partial charge in [-0.1, -0.05) is 6.08 Å². The van der Waals surface area contributed by atoms with Crippen LogP contribution in [0.1, 0.15) is 0 Å². The summed E-state index contributed by atoms with van der Waals surface area (Å²) < 4.78 is 26.1. The SMILES string of the molecule is C=CCN(CC(=O)O)S(=O)(=O)c1ccc(I)cc1. The van der Waals surface area contributed by atoms with Crippen molar-refractivity contribution in [2.24, 2.45) is 0 Å². The Morgan fingerprint density at radius 3 is 2.39 bits per heavy atom. The zero-order valence-corrected chi connectivity index (χ0v) is 12.4. The van der Waals surface area contributed by atoms with Gasteiger partial charge in [0, 0.05) is 10.1 Å². The number of benzene rings is 1. The lowest BCUT2D eigenvalue weighted by Gasteiger charge is -2.18. The number of halogens is 1. The van der Waals surface area contributed by atoms with Crippen molar-refractivity contribution in [1.82, 2.24) is 4.31 Å². The average molecular weight is 381 g/mol. The van der Waals surface area contributed by atoms with Crippen molar-refractivity contribution in [3.63, 3.8) is 0 Å². The van der Waals surface area contributed by atoms with Crippen molar-refractivity contribution in [2.45, 2.75) is 4.90 Å². The molecule has 0 aliphatic heterocycles. The molecular formula is C11H12INO4S. The number of rotatable bonds is 6. The van der Waals surface area contributed by atoms with Gasteiger partial charge in [-0.2, -0.15) is 4.31 Å². The molecule has 0 saturated carbocycles. The molecule has 5 nitrogen and oxygen atoms in total. The second-order valence-electron chi connectivity index (χ2n) is 3.43. The van der Waals surface area contributed by atoms with E-state index in [1.807, 2.05) is 0 Å². The van der Waals surface area contributed by atoms with Crippen LogP contribution in [0.2, 0.25) is 0 Å². The van der Waals surface area contributed by atoms with Crippen LogP contribution < -0.4 is 0 Å². The number of carboxylic acid groups (broad SMARTS) is 1. The van der Waals surface area contributed by atoms with Gasteiger partial charge >= 0.3 is 5.97 Å². The molecule has 0 unspecified atom stereocenters. The molecule has 0 amide bonds. The number of hydrogen-bond donors (Lipinski definition) is 1. The van der Waals surface area contributed by atoms with E-state index < -0.39 is 22.5 Å². The molecule has 0 radical (unpaired) electrons. The highest BCUT2D eigenvalue weighted by atomic mass is 127. The van der Waals surface area contributed by atoms with E-state index in [0.717, 1.165) is 7.88 Å². The Morgan fingerprint density at radius 1 is 1.39 bits per heavy atom. The summed E-state index contributed by atoms with van der Waals surface area (Å²) in [5.74, 6) is -1.20. The predicted octanol–water partition coefficient (Wildman–Crippen LogP) is 1.55. The summed E-state index contributed by atoms with van der Waals surface area (Å²) >= 11 is 2.06. The Kier molecular flexibility index (Phi) is 5.29. The van der Waals surface area contributed by atoms with Crippen molar-refractivity contribution in [2.75, 3.05) is 13.1 Å². The van der Waals surface area contributed by atoms with Gasteiger partial charge in [0.2, 0.25) is 10.0 Å². The van der Waals surface area contributed by atoms with Gasteiger partial charge < -0.3 is 5.11 Å². The highest BCUT2D eigenvalue weighted by molar-refractivity contribution is 14.1. The number of carbonyl (C=O) groups is 1. The maximum Gasteiger partial charge on any atom is 0.318 e. The Labute approximate surface area is 119 Å². The topological polar surface area (TPSA) is 74.7 Å². The van der Waals surface area contributed by atoms with E-state index in [-0.39, 0.29) is 11.4 Å². The predicted molar refractivity (Wildman–Crippen MR) is 75.8 cm³/mol. The highest BCUT2D eigenvalue weighted by Crippen LogP contribution is 2.17. The highest BCUT2D eigenvalue weighted by Gasteiger charge is 2.25. The van der Waals surface area contributed by atoms with Crippen molar-refractivity contribution < 1.29 is 18.3 Å². The van der Waals surface area contributed by atoms with Crippen LogP contribution >= 0.6 is 22.6 Å². The second kappa shape index (κ2) is 6.30. The first-order chi connectivity index (χ1) is 8.37. The molecule has 0 aliphatic carbocycles. The molecule has 0 aromatic heterocycles. The van der Waals surface area contributed by atoms with E-state index in [0.29, 0.717) is 0 Å². The summed E-state index contributed by atoms with van der Waals surface area (Å²) in [6.45, 7) is 2.80. The molecule has 0 aliphatic rings. The van der Waals surface area contributed by atoms with E-state index >= 15 is 0 Å². The fraction of sp³-hybridized carbons (Fsp3) is 0.182. The van der Waals surface area contributed by atoms with Gasteiger partial charge in [0.05, 0.1) is 4.90 Å². The molecular weight excluding hydrogens is 369 g/mol. The number of carboxylic acids is 1. The van der Waals surface area contributed by atoms with Crippen LogP contribution in [0.3, 0.4) is 0 Å². The van der Waals surface area contributed by atoms with Gasteiger partial charge in [0.1, 0.15) is 6.54 Å². The Balaban J connectivity index is 3.11. The third-order valence-electron chi connectivity index (χ3n) is 2.10. The molecule has 18 heavy (non-hydrogen) atoms. The summed E-state index contributed by atoms with van der Waals surface area (Å²) in [4.78, 5) is 10.8. The quantitative estimate of drug-likeness (QED) is 0.600. The molecule has 98 valence electrons. The number of aliphatic carboxylic acids is 1. The van der Waals surface area contributed by atoms with Crippen LogP contribution in [0.4, 0.5) is 0 Å². The second-order valence-corrected chi connectivity index (χ2v) is 6.62. The van der Waals surface area contributed by atoms with Crippen LogP contribution in [-0.4, -0.2) is 36.9 Å². The summed E-state index contributed by atoms with van der Waals surface area (Å²) in [6, 6.07) is 6.21. The van der Waals surface area contributed by atoms with E-state index in [2.05, 4.69) is 29.2 Å². The molecule has 0 heterocycles. The monoisotopic (exact) mass is 381 g/mol. The summed E-state index contributed by atoms with van der Waals surface area (Å²) in [6.07, 6.45) is 1.35. The normalized spacial score (nSPS) is 11.4. The van der Waals surface area contributed by atoms with E-state index in [1.165, 1.54) is 18.2 Å². The molecule has 1 N–H and O–H groups in total. The third-order valence-corrected chi connectivity index (χ3v) is 4.64. The first-order valence-electron chi connectivity index (χ1n) is 4.96. The summed E-state index contributed by atoms with van der Waals surface area (Å²) in [5, 5.41) is 8.72. The standard InChI is InChI=1S/C11H12INO4S/c1-2-7-13(8-11(14)15)18(16,17)10-5-3-9(12)4-6-10/h2-6H,1,7-8H2,(H,14,15). The van der Waals surface area contributed by atoms with Crippen LogP contribution in [-0.2, 0) is 14.8 Å². The third kappa shape index (κ3) is 3.79. The molecule has 0 atom stereocenters. The van der Waals surface area contributed by atoms with Crippen LogP contribution in [0, 0.1) is 3.57 Å². The molecule has 0 saturated heterocycles. The minimum Gasteiger partial charge on any atom is -0.480 e. The van der Waals surface area contributed by atoms with Crippen molar-refractivity contribution in [3.8, 4) is 0 Å². The largest absolute Gasteiger partial charge is 0.480 e. The van der Waals surface area contributed by atoms with Gasteiger partial charge in [0.15, 0.2) is 0 Å². The van der Waals surface area contributed by atoms with Gasteiger partial charge in [-0.15, -0.1) is 6.58 Å². The minimum atomic E-state index is -3.80. The zero-order chi connectivity index (χ0) is 13.8. The Bertz CT molecular complexity index is 539. The number of sulfonamides is 1. The lowest BCUT2D eigenvalue weighted by Crippen LogP contribution is -2.35. The van der Waals surface area contributed by atoms with Crippen molar-refractivity contribution >= 4 is 38.6 Å². The summed E-state index contributed by atoms with van der Waals surface area (Å²) in [5.41, 5.74) is 0. The Hall–Kier alpha value is -0.930. The van der Waals surface area contributed by atoms with Crippen LogP contribution in [0.5, 0.6) is 0 Å². The molecule has 0 spiro atoms. The number of hydrogen-bond acceptors (Lipinski definition) is 3. The van der Waals surface area contributed by atoms with E-state index in [4.69, 9.17) is 5.11 Å². The van der Waals surface area contributed by atoms with Gasteiger partial charge in [-0.05, 0) is 46.9 Å². The molecule has 1 aromatic carbocycles. The Morgan fingerprint density at radius 2 is 1.94 bits per heavy atom. The zero-order valence-electron chi connectivity index (χ0n) is 9.41. The lowest BCUT2D eigenvalue weighted by atomic mass is 10.4. The first kappa shape index (κ1) is 15.1. The van der Waals surface area contributed by atoms with Gasteiger partial charge in [-0.25, -0.2) is 8.42 Å². The molecule has 1 aromatic rings.